The molecule has 0 aliphatic carbocycles. The van der Waals surface area contributed by atoms with Crippen LogP contribution < -0.4 is 15.2 Å². The van der Waals surface area contributed by atoms with Crippen LogP contribution in [0.25, 0.3) is 0 Å². The molecule has 2 aliphatic heterocycles. The smallest absolute Gasteiger partial charge is 0.318 e. The van der Waals surface area contributed by atoms with E-state index in [4.69, 9.17) is 15.2 Å². The molecule has 0 fully saturated rings. The molecule has 0 aromatic heterocycles. The maximum Gasteiger partial charge on any atom is 0.318 e. The van der Waals surface area contributed by atoms with Crippen LogP contribution in [-0.2, 0) is 19.3 Å². The Morgan fingerprint density at radius 3 is 2.53 bits per heavy atom. The summed E-state index contributed by atoms with van der Waals surface area (Å²) in [5.74, 6) is 1.11. The lowest BCUT2D eigenvalue weighted by Crippen LogP contribution is -2.19. The fourth-order valence-corrected chi connectivity index (χ4v) is 2.91. The lowest BCUT2D eigenvalue weighted by Gasteiger charge is -2.15. The summed E-state index contributed by atoms with van der Waals surface area (Å²) in [5, 5.41) is 11.3. The van der Waals surface area contributed by atoms with Crippen LogP contribution in [0.1, 0.15) is 23.6 Å². The molecule has 0 radical (unpaired) electrons. The third-order valence-electron chi connectivity index (χ3n) is 3.59. The first-order chi connectivity index (χ1) is 9.09. The van der Waals surface area contributed by atoms with Gasteiger partial charge in [0.05, 0.1) is 23.7 Å². The third kappa shape index (κ3) is 1.83. The van der Waals surface area contributed by atoms with Crippen LogP contribution in [0.3, 0.4) is 0 Å². The molecule has 0 bridgehead atoms. The Morgan fingerprint density at radius 2 is 1.89 bits per heavy atom. The molecule has 19 heavy (non-hydrogen) atoms. The summed E-state index contributed by atoms with van der Waals surface area (Å²) in [4.78, 5) is 10.9. The number of nitro benzene ring substituents is 1. The highest BCUT2D eigenvalue weighted by molar-refractivity contribution is 5.69. The van der Waals surface area contributed by atoms with E-state index < -0.39 is 0 Å². The maximum atomic E-state index is 11.3. The van der Waals surface area contributed by atoms with E-state index in [-0.39, 0.29) is 16.7 Å². The van der Waals surface area contributed by atoms with Crippen molar-refractivity contribution >= 4 is 5.69 Å². The van der Waals surface area contributed by atoms with Gasteiger partial charge in [0.1, 0.15) is 5.75 Å². The lowest BCUT2D eigenvalue weighted by atomic mass is 9.94. The molecule has 6 nitrogen and oxygen atoms in total. The normalized spacial score (nSPS) is 17.4. The zero-order chi connectivity index (χ0) is 13.6. The van der Waals surface area contributed by atoms with Gasteiger partial charge in [0.2, 0.25) is 5.75 Å². The second kappa shape index (κ2) is 4.38. The number of ether oxygens (including phenoxy) is 2. The van der Waals surface area contributed by atoms with Crippen molar-refractivity contribution in [2.45, 2.75) is 32.2 Å². The SMILES string of the molecule is CC(N)Cc1c2c(c([N+](=O)[O-])c3c1OCC3)OCC2. The number of rotatable bonds is 3. The van der Waals surface area contributed by atoms with Crippen molar-refractivity contribution in [1.82, 2.24) is 0 Å². The van der Waals surface area contributed by atoms with Gasteiger partial charge in [-0.2, -0.15) is 0 Å². The van der Waals surface area contributed by atoms with Crippen LogP contribution in [0.5, 0.6) is 11.5 Å². The Labute approximate surface area is 110 Å². The zero-order valence-corrected chi connectivity index (χ0v) is 10.8. The summed E-state index contributed by atoms with van der Waals surface area (Å²) < 4.78 is 11.1. The zero-order valence-electron chi connectivity index (χ0n) is 10.8. The minimum Gasteiger partial charge on any atom is -0.492 e. The van der Waals surface area contributed by atoms with Gasteiger partial charge >= 0.3 is 5.69 Å². The van der Waals surface area contributed by atoms with Crippen molar-refractivity contribution in [3.05, 3.63) is 26.8 Å². The summed E-state index contributed by atoms with van der Waals surface area (Å²) in [6, 6.07) is -0.0144. The van der Waals surface area contributed by atoms with Crippen LogP contribution in [0.15, 0.2) is 0 Å². The maximum absolute atomic E-state index is 11.3. The molecule has 3 rings (SSSR count). The molecular weight excluding hydrogens is 248 g/mol. The third-order valence-corrected chi connectivity index (χ3v) is 3.59. The molecule has 1 unspecified atom stereocenters. The molecule has 2 heterocycles. The highest BCUT2D eigenvalue weighted by Gasteiger charge is 2.37. The van der Waals surface area contributed by atoms with E-state index in [1.807, 2.05) is 6.92 Å². The highest BCUT2D eigenvalue weighted by Crippen LogP contribution is 2.48. The average molecular weight is 264 g/mol. The largest absolute Gasteiger partial charge is 0.492 e. The molecule has 6 heteroatoms. The Kier molecular flexibility index (Phi) is 2.82. The molecular formula is C13H16N2O4. The number of hydrogen-bond acceptors (Lipinski definition) is 5. The fourth-order valence-electron chi connectivity index (χ4n) is 2.91. The van der Waals surface area contributed by atoms with Crippen molar-refractivity contribution in [2.24, 2.45) is 5.73 Å². The average Bonchev–Trinajstić information content (AvgIpc) is 2.95. The first-order valence-electron chi connectivity index (χ1n) is 6.45. The Hall–Kier alpha value is -1.82. The Morgan fingerprint density at radius 1 is 1.26 bits per heavy atom. The number of hydrogen-bond donors (Lipinski definition) is 1. The molecule has 102 valence electrons. The van der Waals surface area contributed by atoms with Gasteiger partial charge in [-0.15, -0.1) is 0 Å². The van der Waals surface area contributed by atoms with Gasteiger partial charge in [0.15, 0.2) is 0 Å². The van der Waals surface area contributed by atoms with Gasteiger partial charge in [-0.1, -0.05) is 0 Å². The first kappa shape index (κ1) is 12.2. The van der Waals surface area contributed by atoms with E-state index in [0.717, 1.165) is 11.1 Å². The minimum atomic E-state index is -0.354. The molecule has 1 atom stereocenters. The second-order valence-electron chi connectivity index (χ2n) is 5.08. The number of fused-ring (bicyclic) bond motifs is 2. The van der Waals surface area contributed by atoms with Crippen LogP contribution in [0.2, 0.25) is 0 Å². The van der Waals surface area contributed by atoms with Crippen LogP contribution in [0.4, 0.5) is 5.69 Å². The van der Waals surface area contributed by atoms with Crippen molar-refractivity contribution in [3.8, 4) is 11.5 Å². The second-order valence-corrected chi connectivity index (χ2v) is 5.08. The molecule has 0 saturated heterocycles. The Bertz CT molecular complexity index is 519. The van der Waals surface area contributed by atoms with E-state index in [1.165, 1.54) is 0 Å². The standard InChI is InChI=1S/C13H16N2O4/c1-7(14)6-10-8-2-4-19-13(8)11(15(16)17)9-3-5-18-12(9)10/h7H,2-6,14H2,1H3. The van der Waals surface area contributed by atoms with Crippen LogP contribution in [-0.4, -0.2) is 24.2 Å². The monoisotopic (exact) mass is 264 g/mol. The van der Waals surface area contributed by atoms with E-state index in [1.54, 1.807) is 0 Å². The summed E-state index contributed by atoms with van der Waals surface area (Å²) >= 11 is 0. The van der Waals surface area contributed by atoms with Crippen LogP contribution >= 0.6 is 0 Å². The molecule has 0 saturated carbocycles. The van der Waals surface area contributed by atoms with Gasteiger partial charge in [0, 0.05) is 30.0 Å². The number of nitrogens with two attached hydrogens (primary N) is 1. The predicted octanol–water partition coefficient (Wildman–Crippen LogP) is 1.35. The van der Waals surface area contributed by atoms with Gasteiger partial charge in [-0.05, 0) is 13.3 Å². The molecule has 2 N–H and O–H groups in total. The topological polar surface area (TPSA) is 87.6 Å². The molecule has 1 aromatic rings. The highest BCUT2D eigenvalue weighted by atomic mass is 16.6. The summed E-state index contributed by atoms with van der Waals surface area (Å²) in [6.45, 7) is 2.90. The van der Waals surface area contributed by atoms with E-state index in [0.29, 0.717) is 49.5 Å². The quantitative estimate of drug-likeness (QED) is 0.657. The van der Waals surface area contributed by atoms with Crippen LogP contribution in [0, 0.1) is 10.1 Å². The first-order valence-corrected chi connectivity index (χ1v) is 6.45. The summed E-state index contributed by atoms with van der Waals surface area (Å²) in [5.41, 5.74) is 8.55. The van der Waals surface area contributed by atoms with E-state index in [9.17, 15) is 10.1 Å². The summed E-state index contributed by atoms with van der Waals surface area (Å²) in [7, 11) is 0. The van der Waals surface area contributed by atoms with Gasteiger partial charge in [-0.3, -0.25) is 10.1 Å². The number of nitrogens with zero attached hydrogens (tertiary/aromatic N) is 1. The summed E-state index contributed by atoms with van der Waals surface area (Å²) in [6.07, 6.45) is 1.91. The lowest BCUT2D eigenvalue weighted by molar-refractivity contribution is -0.386. The Balaban J connectivity index is 2.25. The number of benzene rings is 1. The van der Waals surface area contributed by atoms with Gasteiger partial charge < -0.3 is 15.2 Å². The van der Waals surface area contributed by atoms with E-state index in [2.05, 4.69) is 0 Å². The van der Waals surface area contributed by atoms with Crippen molar-refractivity contribution in [2.75, 3.05) is 13.2 Å². The number of nitro groups is 1. The van der Waals surface area contributed by atoms with Gasteiger partial charge in [-0.25, -0.2) is 0 Å². The van der Waals surface area contributed by atoms with Crippen molar-refractivity contribution < 1.29 is 14.4 Å². The van der Waals surface area contributed by atoms with Crippen molar-refractivity contribution in [3.63, 3.8) is 0 Å². The van der Waals surface area contributed by atoms with Crippen molar-refractivity contribution in [1.29, 1.82) is 0 Å². The molecule has 0 spiro atoms. The van der Waals surface area contributed by atoms with Gasteiger partial charge in [0.25, 0.3) is 0 Å². The van der Waals surface area contributed by atoms with E-state index >= 15 is 0 Å². The molecule has 0 amide bonds. The molecule has 2 aliphatic rings. The molecule has 1 aromatic carbocycles. The minimum absolute atomic E-state index is 0.0144. The fraction of sp³-hybridized carbons (Fsp3) is 0.538. The predicted molar refractivity (Wildman–Crippen MR) is 68.8 cm³/mol.